The van der Waals surface area contributed by atoms with Gasteiger partial charge in [-0.2, -0.15) is 0 Å². The van der Waals surface area contributed by atoms with Crippen molar-refractivity contribution < 1.29 is 27.4 Å². The molecular formula is C7H13F3O3. The van der Waals surface area contributed by atoms with E-state index in [4.69, 9.17) is 4.74 Å². The van der Waals surface area contributed by atoms with Crippen LogP contribution in [0.15, 0.2) is 0 Å². The zero-order valence-corrected chi connectivity index (χ0v) is 7.56. The average Bonchev–Trinajstić information content (AvgIpc) is 2.00. The molecule has 13 heavy (non-hydrogen) atoms. The molecule has 0 N–H and O–H groups in total. The van der Waals surface area contributed by atoms with Crippen LogP contribution in [-0.4, -0.2) is 39.4 Å². The summed E-state index contributed by atoms with van der Waals surface area (Å²) in [5.41, 5.74) is 0. The summed E-state index contributed by atoms with van der Waals surface area (Å²) in [5.74, 6) is 0. The van der Waals surface area contributed by atoms with E-state index in [-0.39, 0.29) is 6.61 Å². The lowest BCUT2D eigenvalue weighted by Gasteiger charge is -2.16. The molecule has 0 saturated heterocycles. The van der Waals surface area contributed by atoms with Gasteiger partial charge in [0.2, 0.25) is 0 Å². The van der Waals surface area contributed by atoms with Gasteiger partial charge in [-0.05, 0) is 6.92 Å². The van der Waals surface area contributed by atoms with Crippen LogP contribution in [0, 0.1) is 0 Å². The van der Waals surface area contributed by atoms with Gasteiger partial charge >= 0.3 is 6.36 Å². The third-order valence-electron chi connectivity index (χ3n) is 1.19. The van der Waals surface area contributed by atoms with Crippen LogP contribution < -0.4 is 0 Å². The number of methoxy groups -OCH3 is 1. The quantitative estimate of drug-likeness (QED) is 0.654. The zero-order valence-electron chi connectivity index (χ0n) is 7.56. The van der Waals surface area contributed by atoms with Crippen LogP contribution in [0.5, 0.6) is 0 Å². The van der Waals surface area contributed by atoms with Gasteiger partial charge in [-0.3, -0.25) is 4.74 Å². The molecule has 0 aliphatic heterocycles. The first-order valence-corrected chi connectivity index (χ1v) is 3.80. The van der Waals surface area contributed by atoms with Gasteiger partial charge in [0.05, 0.1) is 13.2 Å². The molecule has 3 nitrogen and oxygen atoms in total. The van der Waals surface area contributed by atoms with Crippen molar-refractivity contribution in [1.29, 1.82) is 0 Å². The first-order valence-electron chi connectivity index (χ1n) is 3.80. The fourth-order valence-corrected chi connectivity index (χ4v) is 0.753. The lowest BCUT2D eigenvalue weighted by atomic mass is 10.4. The number of hydrogen-bond donors (Lipinski definition) is 0. The maximum absolute atomic E-state index is 11.6. The Labute approximate surface area is 74.8 Å². The topological polar surface area (TPSA) is 27.7 Å². The van der Waals surface area contributed by atoms with Gasteiger partial charge in [-0.15, -0.1) is 13.2 Å². The standard InChI is InChI=1S/C7H13F3O3/c1-3-12-6(4-11-2)5-13-7(8,9)10/h6H,3-5H2,1-2H3. The second-order valence-corrected chi connectivity index (χ2v) is 2.29. The summed E-state index contributed by atoms with van der Waals surface area (Å²) in [7, 11) is 1.39. The van der Waals surface area contributed by atoms with E-state index >= 15 is 0 Å². The second-order valence-electron chi connectivity index (χ2n) is 2.29. The lowest BCUT2D eigenvalue weighted by Crippen LogP contribution is -2.29. The van der Waals surface area contributed by atoms with Gasteiger partial charge in [0.25, 0.3) is 0 Å². The maximum atomic E-state index is 11.6. The van der Waals surface area contributed by atoms with Crippen molar-refractivity contribution in [1.82, 2.24) is 0 Å². The Morgan fingerprint density at radius 3 is 2.23 bits per heavy atom. The van der Waals surface area contributed by atoms with Crippen molar-refractivity contribution in [3.05, 3.63) is 0 Å². The second kappa shape index (κ2) is 6.17. The van der Waals surface area contributed by atoms with Crippen LogP contribution in [0.3, 0.4) is 0 Å². The molecule has 0 saturated carbocycles. The Bertz CT molecular complexity index is 121. The molecule has 1 unspecified atom stereocenters. The van der Waals surface area contributed by atoms with E-state index in [2.05, 4.69) is 9.47 Å². The Morgan fingerprint density at radius 1 is 1.23 bits per heavy atom. The summed E-state index contributed by atoms with van der Waals surface area (Å²) in [6.07, 6.45) is -5.28. The smallest absolute Gasteiger partial charge is 0.382 e. The molecule has 0 heterocycles. The fraction of sp³-hybridized carbons (Fsp3) is 1.00. The van der Waals surface area contributed by atoms with Crippen molar-refractivity contribution in [2.45, 2.75) is 19.4 Å². The van der Waals surface area contributed by atoms with Crippen LogP contribution in [-0.2, 0) is 14.2 Å². The molecule has 0 aliphatic rings. The van der Waals surface area contributed by atoms with E-state index in [1.807, 2.05) is 0 Å². The minimum atomic E-state index is -4.61. The van der Waals surface area contributed by atoms with Gasteiger partial charge in [0, 0.05) is 13.7 Å². The first kappa shape index (κ1) is 12.7. The molecule has 1 atom stereocenters. The van der Waals surface area contributed by atoms with Gasteiger partial charge < -0.3 is 9.47 Å². The van der Waals surface area contributed by atoms with Gasteiger partial charge in [0.15, 0.2) is 0 Å². The monoisotopic (exact) mass is 202 g/mol. The summed E-state index contributed by atoms with van der Waals surface area (Å²) < 4.78 is 47.9. The molecule has 0 fully saturated rings. The minimum absolute atomic E-state index is 0.0872. The number of hydrogen-bond acceptors (Lipinski definition) is 3. The van der Waals surface area contributed by atoms with Crippen molar-refractivity contribution in [2.75, 3.05) is 26.9 Å². The van der Waals surface area contributed by atoms with Gasteiger partial charge in [-0.1, -0.05) is 0 Å². The van der Waals surface area contributed by atoms with E-state index in [9.17, 15) is 13.2 Å². The summed E-state index contributed by atoms with van der Waals surface area (Å²) in [6.45, 7) is 1.57. The minimum Gasteiger partial charge on any atom is -0.382 e. The number of ether oxygens (including phenoxy) is 3. The normalized spacial score (nSPS) is 14.5. The van der Waals surface area contributed by atoms with Crippen LogP contribution in [0.4, 0.5) is 13.2 Å². The van der Waals surface area contributed by atoms with Crippen molar-refractivity contribution >= 4 is 0 Å². The zero-order chi connectivity index (χ0) is 10.3. The van der Waals surface area contributed by atoms with Gasteiger partial charge in [-0.25, -0.2) is 0 Å². The predicted octanol–water partition coefficient (Wildman–Crippen LogP) is 1.57. The molecule has 0 aromatic rings. The molecule has 0 aromatic heterocycles. The molecule has 0 amide bonds. The SMILES string of the molecule is CCOC(COC)COC(F)(F)F. The van der Waals surface area contributed by atoms with Crippen LogP contribution >= 0.6 is 0 Å². The summed E-state index contributed by atoms with van der Waals surface area (Å²) in [4.78, 5) is 0. The number of rotatable bonds is 6. The van der Waals surface area contributed by atoms with Crippen molar-refractivity contribution in [2.24, 2.45) is 0 Å². The van der Waals surface area contributed by atoms with Crippen LogP contribution in [0.25, 0.3) is 0 Å². The molecule has 0 spiro atoms. The van der Waals surface area contributed by atoms with Crippen LogP contribution in [0.1, 0.15) is 6.92 Å². The number of alkyl halides is 3. The molecule has 0 rings (SSSR count). The summed E-state index contributed by atoms with van der Waals surface area (Å²) in [6, 6.07) is 0. The largest absolute Gasteiger partial charge is 0.522 e. The van der Waals surface area contributed by atoms with E-state index < -0.39 is 19.1 Å². The fourth-order valence-electron chi connectivity index (χ4n) is 0.753. The van der Waals surface area contributed by atoms with E-state index in [0.29, 0.717) is 6.61 Å². The Morgan fingerprint density at radius 2 is 1.85 bits per heavy atom. The van der Waals surface area contributed by atoms with Crippen molar-refractivity contribution in [3.8, 4) is 0 Å². The Hall–Kier alpha value is -0.330. The van der Waals surface area contributed by atoms with Gasteiger partial charge in [0.1, 0.15) is 6.10 Å². The highest BCUT2D eigenvalue weighted by Gasteiger charge is 2.30. The van der Waals surface area contributed by atoms with E-state index in [0.717, 1.165) is 0 Å². The molecule has 6 heteroatoms. The Balaban J connectivity index is 3.68. The van der Waals surface area contributed by atoms with E-state index in [1.54, 1.807) is 6.92 Å². The highest BCUT2D eigenvalue weighted by molar-refractivity contribution is 4.54. The Kier molecular flexibility index (Phi) is 6.02. The third kappa shape index (κ3) is 8.01. The van der Waals surface area contributed by atoms with Crippen molar-refractivity contribution in [3.63, 3.8) is 0 Å². The molecule has 0 radical (unpaired) electrons. The lowest BCUT2D eigenvalue weighted by molar-refractivity contribution is -0.332. The number of halogens is 3. The molecule has 0 bridgehead atoms. The molecule has 0 aliphatic carbocycles. The maximum Gasteiger partial charge on any atom is 0.522 e. The highest BCUT2D eigenvalue weighted by Crippen LogP contribution is 2.16. The molecule has 80 valence electrons. The average molecular weight is 202 g/mol. The summed E-state index contributed by atoms with van der Waals surface area (Å²) in [5, 5.41) is 0. The molecular weight excluding hydrogens is 189 g/mol. The van der Waals surface area contributed by atoms with E-state index in [1.165, 1.54) is 7.11 Å². The third-order valence-corrected chi connectivity index (χ3v) is 1.19. The predicted molar refractivity (Wildman–Crippen MR) is 39.3 cm³/mol. The van der Waals surface area contributed by atoms with Crippen LogP contribution in [0.2, 0.25) is 0 Å². The first-order chi connectivity index (χ1) is 5.99. The summed E-state index contributed by atoms with van der Waals surface area (Å²) >= 11 is 0. The highest BCUT2D eigenvalue weighted by atomic mass is 19.4. The molecule has 0 aromatic carbocycles.